The van der Waals surface area contributed by atoms with Crippen LogP contribution in [0.15, 0.2) is 0 Å². The van der Waals surface area contributed by atoms with Crippen LogP contribution in [0.25, 0.3) is 0 Å². The summed E-state index contributed by atoms with van der Waals surface area (Å²) in [5.74, 6) is 0.490. The van der Waals surface area contributed by atoms with Gasteiger partial charge < -0.3 is 10.5 Å². The van der Waals surface area contributed by atoms with Crippen molar-refractivity contribution in [1.82, 2.24) is 4.31 Å². The van der Waals surface area contributed by atoms with Gasteiger partial charge in [0.15, 0.2) is 0 Å². The van der Waals surface area contributed by atoms with Crippen molar-refractivity contribution >= 4 is 22.4 Å². The van der Waals surface area contributed by atoms with Gasteiger partial charge in [-0.1, -0.05) is 0 Å². The summed E-state index contributed by atoms with van der Waals surface area (Å²) in [6.07, 6.45) is 3.37. The van der Waals surface area contributed by atoms with Crippen LogP contribution >= 0.6 is 12.4 Å². The van der Waals surface area contributed by atoms with Gasteiger partial charge in [0.2, 0.25) is 10.0 Å². The first-order chi connectivity index (χ1) is 8.14. The first kappa shape index (κ1) is 16.2. The number of hydrogen-bond acceptors (Lipinski definition) is 4. The van der Waals surface area contributed by atoms with Crippen LogP contribution in [-0.2, 0) is 14.8 Å². The van der Waals surface area contributed by atoms with Crippen molar-refractivity contribution in [3.05, 3.63) is 0 Å². The minimum absolute atomic E-state index is 0. The molecular formula is C11H23ClN2O3S. The van der Waals surface area contributed by atoms with Gasteiger partial charge in [0, 0.05) is 19.7 Å². The zero-order valence-corrected chi connectivity index (χ0v) is 12.2. The van der Waals surface area contributed by atoms with E-state index >= 15 is 0 Å². The van der Waals surface area contributed by atoms with Gasteiger partial charge in [-0.3, -0.25) is 0 Å². The van der Waals surface area contributed by atoms with Crippen molar-refractivity contribution < 1.29 is 13.2 Å². The number of nitrogens with two attached hydrogens (primary N) is 1. The summed E-state index contributed by atoms with van der Waals surface area (Å²) >= 11 is 0. The number of piperidine rings is 1. The molecule has 0 aliphatic carbocycles. The maximum Gasteiger partial charge on any atom is 0.219 e. The molecular weight excluding hydrogens is 276 g/mol. The zero-order valence-electron chi connectivity index (χ0n) is 10.6. The Morgan fingerprint density at radius 2 is 1.89 bits per heavy atom. The third kappa shape index (κ3) is 3.57. The van der Waals surface area contributed by atoms with Crippen LogP contribution in [0.4, 0.5) is 0 Å². The largest absolute Gasteiger partial charge is 0.380 e. The van der Waals surface area contributed by atoms with Gasteiger partial charge in [-0.2, -0.15) is 0 Å². The van der Waals surface area contributed by atoms with Crippen LogP contribution in [0, 0.1) is 5.92 Å². The Hall–Kier alpha value is 0.120. The van der Waals surface area contributed by atoms with E-state index in [9.17, 15) is 8.42 Å². The summed E-state index contributed by atoms with van der Waals surface area (Å²) in [5, 5.41) is -0.328. The van der Waals surface area contributed by atoms with Crippen molar-refractivity contribution in [1.29, 1.82) is 0 Å². The van der Waals surface area contributed by atoms with Crippen molar-refractivity contribution in [2.24, 2.45) is 11.7 Å². The second-order valence-corrected chi connectivity index (χ2v) is 7.18. The van der Waals surface area contributed by atoms with Gasteiger partial charge in [-0.15, -0.1) is 12.4 Å². The molecule has 1 unspecified atom stereocenters. The zero-order chi connectivity index (χ0) is 12.3. The summed E-state index contributed by atoms with van der Waals surface area (Å²) in [6, 6.07) is 0. The summed E-state index contributed by atoms with van der Waals surface area (Å²) < 4.78 is 31.6. The van der Waals surface area contributed by atoms with Gasteiger partial charge >= 0.3 is 0 Å². The van der Waals surface area contributed by atoms with E-state index in [-0.39, 0.29) is 17.7 Å². The number of sulfonamides is 1. The van der Waals surface area contributed by atoms with Crippen molar-refractivity contribution in [2.75, 3.05) is 32.8 Å². The number of rotatable bonds is 3. The average molecular weight is 299 g/mol. The lowest BCUT2D eigenvalue weighted by atomic mass is 9.99. The van der Waals surface area contributed by atoms with Gasteiger partial charge in [-0.05, 0) is 38.1 Å². The van der Waals surface area contributed by atoms with E-state index in [1.807, 2.05) is 0 Å². The SMILES string of the molecule is Cl.NCC1CCN(S(=O)(=O)C2CCCOC2)CC1. The Morgan fingerprint density at radius 1 is 1.22 bits per heavy atom. The molecule has 2 saturated heterocycles. The minimum atomic E-state index is -3.15. The first-order valence-corrected chi connectivity index (χ1v) is 7.91. The normalized spacial score (nSPS) is 27.7. The molecule has 1 atom stereocenters. The van der Waals surface area contributed by atoms with E-state index in [0.29, 0.717) is 38.8 Å². The second-order valence-electron chi connectivity index (χ2n) is 4.96. The van der Waals surface area contributed by atoms with Gasteiger partial charge in [-0.25, -0.2) is 12.7 Å². The molecule has 2 N–H and O–H groups in total. The lowest BCUT2D eigenvalue weighted by Gasteiger charge is -2.34. The summed E-state index contributed by atoms with van der Waals surface area (Å²) in [5.41, 5.74) is 5.61. The summed E-state index contributed by atoms with van der Waals surface area (Å²) in [7, 11) is -3.15. The molecule has 0 radical (unpaired) electrons. The fraction of sp³-hybridized carbons (Fsp3) is 1.00. The average Bonchev–Trinajstić information content (AvgIpc) is 2.40. The Kier molecular flexibility index (Phi) is 6.34. The maximum absolute atomic E-state index is 12.4. The molecule has 5 nitrogen and oxygen atoms in total. The minimum Gasteiger partial charge on any atom is -0.380 e. The molecule has 2 heterocycles. The van der Waals surface area contributed by atoms with E-state index in [0.717, 1.165) is 25.7 Å². The van der Waals surface area contributed by atoms with Crippen LogP contribution in [-0.4, -0.2) is 50.8 Å². The fourth-order valence-electron chi connectivity index (χ4n) is 2.56. The summed E-state index contributed by atoms with van der Waals surface area (Å²) in [6.45, 7) is 2.97. The number of halogens is 1. The van der Waals surface area contributed by atoms with Gasteiger partial charge in [0.1, 0.15) is 0 Å². The molecule has 2 aliphatic heterocycles. The molecule has 2 aliphatic rings. The molecule has 108 valence electrons. The molecule has 2 rings (SSSR count). The van der Waals surface area contributed by atoms with Crippen molar-refractivity contribution in [2.45, 2.75) is 30.9 Å². The van der Waals surface area contributed by atoms with E-state index in [4.69, 9.17) is 10.5 Å². The highest BCUT2D eigenvalue weighted by atomic mass is 35.5. The first-order valence-electron chi connectivity index (χ1n) is 6.41. The number of nitrogens with zero attached hydrogens (tertiary/aromatic N) is 1. The van der Waals surface area contributed by atoms with E-state index in [2.05, 4.69) is 0 Å². The molecule has 0 aromatic heterocycles. The Morgan fingerprint density at radius 3 is 2.39 bits per heavy atom. The Bertz CT molecular complexity index is 336. The highest BCUT2D eigenvalue weighted by Crippen LogP contribution is 2.24. The van der Waals surface area contributed by atoms with Crippen LogP contribution in [0.2, 0.25) is 0 Å². The predicted octanol–water partition coefficient (Wildman–Crippen LogP) is 0.588. The van der Waals surface area contributed by atoms with Crippen LogP contribution in [0.5, 0.6) is 0 Å². The third-order valence-corrected chi connectivity index (χ3v) is 6.11. The molecule has 7 heteroatoms. The lowest BCUT2D eigenvalue weighted by Crippen LogP contribution is -2.46. The van der Waals surface area contributed by atoms with E-state index in [1.54, 1.807) is 4.31 Å². The van der Waals surface area contributed by atoms with E-state index in [1.165, 1.54) is 0 Å². The second kappa shape index (κ2) is 7.05. The van der Waals surface area contributed by atoms with Gasteiger partial charge in [0.25, 0.3) is 0 Å². The predicted molar refractivity (Wildman–Crippen MR) is 73.4 cm³/mol. The van der Waals surface area contributed by atoms with Crippen LogP contribution in [0.3, 0.4) is 0 Å². The molecule has 0 aromatic carbocycles. The van der Waals surface area contributed by atoms with Crippen LogP contribution in [0.1, 0.15) is 25.7 Å². The fourth-order valence-corrected chi connectivity index (χ4v) is 4.43. The van der Waals surface area contributed by atoms with E-state index < -0.39 is 10.0 Å². The smallest absolute Gasteiger partial charge is 0.219 e. The van der Waals surface area contributed by atoms with Crippen molar-refractivity contribution in [3.8, 4) is 0 Å². The lowest BCUT2D eigenvalue weighted by molar-refractivity contribution is 0.0969. The number of hydrogen-bond donors (Lipinski definition) is 1. The monoisotopic (exact) mass is 298 g/mol. The summed E-state index contributed by atoms with van der Waals surface area (Å²) in [4.78, 5) is 0. The molecule has 0 spiro atoms. The Balaban J connectivity index is 0.00000162. The molecule has 0 amide bonds. The van der Waals surface area contributed by atoms with Crippen LogP contribution < -0.4 is 5.73 Å². The van der Waals surface area contributed by atoms with Crippen molar-refractivity contribution in [3.63, 3.8) is 0 Å². The quantitative estimate of drug-likeness (QED) is 0.827. The third-order valence-electron chi connectivity index (χ3n) is 3.81. The molecule has 2 fully saturated rings. The van der Waals surface area contributed by atoms with Gasteiger partial charge in [0.05, 0.1) is 11.9 Å². The molecule has 0 bridgehead atoms. The highest BCUT2D eigenvalue weighted by molar-refractivity contribution is 7.89. The molecule has 0 aromatic rings. The topological polar surface area (TPSA) is 72.6 Å². The Labute approximate surface area is 116 Å². The number of ether oxygens (including phenoxy) is 1. The molecule has 18 heavy (non-hydrogen) atoms. The standard InChI is InChI=1S/C11H22N2O3S.ClH/c12-8-10-3-5-13(6-4-10)17(14,15)11-2-1-7-16-9-11;/h10-11H,1-9,12H2;1H. The molecule has 0 saturated carbocycles. The highest BCUT2D eigenvalue weighted by Gasteiger charge is 2.35. The maximum atomic E-state index is 12.4.